The number of pyridine rings is 1. The summed E-state index contributed by atoms with van der Waals surface area (Å²) in [6, 6.07) is 9.48. The molecule has 0 spiro atoms. The van der Waals surface area contributed by atoms with Crippen LogP contribution in [0.15, 0.2) is 52.2 Å². The first kappa shape index (κ1) is 13.0. The van der Waals surface area contributed by atoms with Crippen LogP contribution in [-0.2, 0) is 4.79 Å². The molecule has 0 aliphatic carbocycles. The molecule has 1 aromatic carbocycles. The van der Waals surface area contributed by atoms with Crippen molar-refractivity contribution in [1.82, 2.24) is 4.98 Å². The Morgan fingerprint density at radius 3 is 2.70 bits per heavy atom. The van der Waals surface area contributed by atoms with Crippen LogP contribution in [0.5, 0.6) is 0 Å². The summed E-state index contributed by atoms with van der Waals surface area (Å²) in [5.41, 5.74) is 3.11. The topological polar surface area (TPSA) is 62.5 Å². The van der Waals surface area contributed by atoms with E-state index in [2.05, 4.69) is 25.9 Å². The Kier molecular flexibility index (Phi) is 3.36. The van der Waals surface area contributed by atoms with Gasteiger partial charge in [-0.25, -0.2) is 0 Å². The maximum atomic E-state index is 11.5. The zero-order chi connectivity index (χ0) is 14.1. The SMILES string of the molecule is O=C(O)C1CC(c2ccc(Br)cc2)=Nc2ccncc21. The minimum atomic E-state index is -0.844. The van der Waals surface area contributed by atoms with Crippen LogP contribution in [0, 0.1) is 0 Å². The normalized spacial score (nSPS) is 17.2. The molecule has 0 saturated heterocycles. The molecule has 5 heteroatoms. The number of aromatic nitrogens is 1. The number of benzene rings is 1. The van der Waals surface area contributed by atoms with Crippen molar-refractivity contribution in [2.24, 2.45) is 4.99 Å². The van der Waals surface area contributed by atoms with Crippen molar-refractivity contribution in [3.8, 4) is 0 Å². The summed E-state index contributed by atoms with van der Waals surface area (Å²) < 4.78 is 0.983. The van der Waals surface area contributed by atoms with E-state index >= 15 is 0 Å². The number of nitrogens with zero attached hydrogens (tertiary/aromatic N) is 2. The van der Waals surface area contributed by atoms with Crippen LogP contribution in [0.1, 0.15) is 23.5 Å². The van der Waals surface area contributed by atoms with E-state index in [0.717, 1.165) is 15.7 Å². The molecule has 0 amide bonds. The molecule has 2 heterocycles. The highest BCUT2D eigenvalue weighted by atomic mass is 79.9. The third-order valence-corrected chi connectivity index (χ3v) is 3.86. The number of halogens is 1. The molecule has 1 aliphatic rings. The van der Waals surface area contributed by atoms with E-state index in [9.17, 15) is 9.90 Å². The van der Waals surface area contributed by atoms with E-state index in [1.807, 2.05) is 24.3 Å². The Labute approximate surface area is 124 Å². The minimum absolute atomic E-state index is 0.385. The largest absolute Gasteiger partial charge is 0.481 e. The van der Waals surface area contributed by atoms with Gasteiger partial charge in [0.25, 0.3) is 0 Å². The molecule has 2 aromatic rings. The van der Waals surface area contributed by atoms with E-state index < -0.39 is 11.9 Å². The van der Waals surface area contributed by atoms with Gasteiger partial charge in [-0.2, -0.15) is 0 Å². The van der Waals surface area contributed by atoms with Gasteiger partial charge in [0.2, 0.25) is 0 Å². The summed E-state index contributed by atoms with van der Waals surface area (Å²) in [5.74, 6) is -1.43. The highest BCUT2D eigenvalue weighted by molar-refractivity contribution is 9.10. The van der Waals surface area contributed by atoms with Crippen molar-refractivity contribution < 1.29 is 9.90 Å². The second-order valence-electron chi connectivity index (χ2n) is 4.59. The van der Waals surface area contributed by atoms with Crippen molar-refractivity contribution >= 4 is 33.3 Å². The van der Waals surface area contributed by atoms with E-state index in [1.165, 1.54) is 0 Å². The molecule has 0 radical (unpaired) electrons. The zero-order valence-corrected chi connectivity index (χ0v) is 12.0. The van der Waals surface area contributed by atoms with E-state index in [1.54, 1.807) is 18.5 Å². The smallest absolute Gasteiger partial charge is 0.311 e. The molecule has 1 aliphatic heterocycles. The Bertz CT molecular complexity index is 695. The van der Waals surface area contributed by atoms with Crippen LogP contribution in [-0.4, -0.2) is 21.8 Å². The van der Waals surface area contributed by atoms with Crippen LogP contribution in [0.3, 0.4) is 0 Å². The third kappa shape index (κ3) is 2.36. The lowest BCUT2D eigenvalue weighted by Gasteiger charge is -2.21. The number of hydrogen-bond acceptors (Lipinski definition) is 3. The fourth-order valence-electron chi connectivity index (χ4n) is 2.31. The summed E-state index contributed by atoms with van der Waals surface area (Å²) in [7, 11) is 0. The first-order chi connectivity index (χ1) is 9.65. The highest BCUT2D eigenvalue weighted by Gasteiger charge is 2.29. The number of carbonyl (C=O) groups is 1. The monoisotopic (exact) mass is 330 g/mol. The molecule has 4 nitrogen and oxygen atoms in total. The molecular formula is C15H11BrN2O2. The molecule has 1 N–H and O–H groups in total. The summed E-state index contributed by atoms with van der Waals surface area (Å²) >= 11 is 3.39. The predicted molar refractivity (Wildman–Crippen MR) is 79.6 cm³/mol. The fraction of sp³-hybridized carbons (Fsp3) is 0.133. The van der Waals surface area contributed by atoms with Gasteiger partial charge in [0.1, 0.15) is 0 Å². The molecule has 0 fully saturated rings. The maximum Gasteiger partial charge on any atom is 0.311 e. The van der Waals surface area contributed by atoms with E-state index in [0.29, 0.717) is 17.7 Å². The van der Waals surface area contributed by atoms with Crippen LogP contribution in [0.25, 0.3) is 0 Å². The molecular weight excluding hydrogens is 320 g/mol. The zero-order valence-electron chi connectivity index (χ0n) is 10.5. The average Bonchev–Trinajstić information content (AvgIpc) is 2.46. The van der Waals surface area contributed by atoms with Crippen molar-refractivity contribution in [1.29, 1.82) is 0 Å². The fourth-order valence-corrected chi connectivity index (χ4v) is 2.57. The lowest BCUT2D eigenvalue weighted by Crippen LogP contribution is -2.20. The van der Waals surface area contributed by atoms with E-state index in [4.69, 9.17) is 0 Å². The average molecular weight is 331 g/mol. The summed E-state index contributed by atoms with van der Waals surface area (Å²) in [6.45, 7) is 0. The lowest BCUT2D eigenvalue weighted by atomic mass is 9.88. The summed E-state index contributed by atoms with van der Waals surface area (Å²) in [6.07, 6.45) is 3.61. The molecule has 0 saturated carbocycles. The van der Waals surface area contributed by atoms with Gasteiger partial charge in [-0.05, 0) is 23.8 Å². The first-order valence-electron chi connectivity index (χ1n) is 6.15. The Balaban J connectivity index is 2.08. The number of fused-ring (bicyclic) bond motifs is 1. The highest BCUT2D eigenvalue weighted by Crippen LogP contribution is 2.35. The van der Waals surface area contributed by atoms with Gasteiger partial charge in [0.15, 0.2) is 0 Å². The summed E-state index contributed by atoms with van der Waals surface area (Å²) in [5, 5.41) is 9.40. The number of aliphatic imine (C=N–C) groups is 1. The molecule has 0 bridgehead atoms. The number of carboxylic acids is 1. The van der Waals surface area contributed by atoms with E-state index in [-0.39, 0.29) is 0 Å². The molecule has 1 atom stereocenters. The predicted octanol–water partition coefficient (Wildman–Crippen LogP) is 3.54. The quantitative estimate of drug-likeness (QED) is 0.916. The van der Waals surface area contributed by atoms with Gasteiger partial charge in [-0.3, -0.25) is 14.8 Å². The van der Waals surface area contributed by atoms with Gasteiger partial charge >= 0.3 is 5.97 Å². The Hall–Kier alpha value is -2.01. The minimum Gasteiger partial charge on any atom is -0.481 e. The molecule has 3 rings (SSSR count). The number of aliphatic carboxylic acids is 1. The standard InChI is InChI=1S/C15H11BrN2O2/c16-10-3-1-9(2-4-10)14-7-11(15(19)20)12-8-17-6-5-13(12)18-14/h1-6,8,11H,7H2,(H,19,20). The maximum absolute atomic E-state index is 11.5. The van der Waals surface area contributed by atoms with Gasteiger partial charge in [0.05, 0.1) is 11.6 Å². The van der Waals surface area contributed by atoms with Crippen molar-refractivity contribution in [3.05, 3.63) is 58.3 Å². The third-order valence-electron chi connectivity index (χ3n) is 3.33. The van der Waals surface area contributed by atoms with Gasteiger partial charge in [0, 0.05) is 34.6 Å². The van der Waals surface area contributed by atoms with Gasteiger partial charge < -0.3 is 5.11 Å². The number of hydrogen-bond donors (Lipinski definition) is 1. The molecule has 100 valence electrons. The second-order valence-corrected chi connectivity index (χ2v) is 5.51. The Morgan fingerprint density at radius 1 is 1.25 bits per heavy atom. The molecule has 1 aromatic heterocycles. The number of rotatable bonds is 2. The Morgan fingerprint density at radius 2 is 2.00 bits per heavy atom. The van der Waals surface area contributed by atoms with Crippen LogP contribution >= 0.6 is 15.9 Å². The van der Waals surface area contributed by atoms with Crippen LogP contribution < -0.4 is 0 Å². The van der Waals surface area contributed by atoms with Crippen molar-refractivity contribution in [3.63, 3.8) is 0 Å². The second kappa shape index (κ2) is 5.17. The van der Waals surface area contributed by atoms with Crippen molar-refractivity contribution in [2.45, 2.75) is 12.3 Å². The molecule has 20 heavy (non-hydrogen) atoms. The van der Waals surface area contributed by atoms with Crippen LogP contribution in [0.4, 0.5) is 5.69 Å². The lowest BCUT2D eigenvalue weighted by molar-refractivity contribution is -0.138. The van der Waals surface area contributed by atoms with Gasteiger partial charge in [-0.15, -0.1) is 0 Å². The van der Waals surface area contributed by atoms with Gasteiger partial charge in [-0.1, -0.05) is 28.1 Å². The first-order valence-corrected chi connectivity index (χ1v) is 6.94. The number of carboxylic acid groups (broad SMARTS) is 1. The van der Waals surface area contributed by atoms with Crippen molar-refractivity contribution in [2.75, 3.05) is 0 Å². The molecule has 1 unspecified atom stereocenters. The van der Waals surface area contributed by atoms with Crippen LogP contribution in [0.2, 0.25) is 0 Å². The summed E-state index contributed by atoms with van der Waals surface area (Å²) in [4.78, 5) is 20.0.